The van der Waals surface area contributed by atoms with E-state index >= 15 is 0 Å². The van der Waals surface area contributed by atoms with Gasteiger partial charge < -0.3 is 4.74 Å². The molecule has 0 bridgehead atoms. The Hall–Kier alpha value is -5.88. The van der Waals surface area contributed by atoms with Gasteiger partial charge >= 0.3 is 5.97 Å². The minimum Gasteiger partial charge on any atom is -0.468 e. The SMILES string of the molecule is COC(=O)CCl.N#Cc1ccc(C(=O)c2cc(C(=O)c3ccc(C#N)cc3)cc(C(=O)c3ccc(C#N)cc3)c2)cc1. The van der Waals surface area contributed by atoms with E-state index in [1.165, 1.54) is 98.1 Å². The zero-order valence-corrected chi connectivity index (χ0v) is 22.9. The summed E-state index contributed by atoms with van der Waals surface area (Å²) in [6.45, 7) is 0. The lowest BCUT2D eigenvalue weighted by atomic mass is 9.92. The number of alkyl halides is 1. The summed E-state index contributed by atoms with van der Waals surface area (Å²) in [6, 6.07) is 28.4. The Balaban J connectivity index is 0.000000730. The molecule has 0 saturated heterocycles. The second kappa shape index (κ2) is 14.5. The molecule has 204 valence electrons. The number of carbonyl (C=O) groups excluding carboxylic acids is 4. The van der Waals surface area contributed by atoms with Crippen LogP contribution in [0.2, 0.25) is 0 Å². The maximum Gasteiger partial charge on any atom is 0.320 e. The second-order valence-electron chi connectivity index (χ2n) is 8.56. The molecule has 8 nitrogen and oxygen atoms in total. The van der Waals surface area contributed by atoms with Crippen LogP contribution < -0.4 is 0 Å². The van der Waals surface area contributed by atoms with Crippen LogP contribution in [0.25, 0.3) is 0 Å². The Labute approximate surface area is 246 Å². The molecule has 0 unspecified atom stereocenters. The highest BCUT2D eigenvalue weighted by atomic mass is 35.5. The van der Waals surface area contributed by atoms with E-state index in [0.29, 0.717) is 33.4 Å². The van der Waals surface area contributed by atoms with Gasteiger partial charge in [-0.15, -0.1) is 11.6 Å². The number of nitriles is 3. The molecule has 0 amide bonds. The topological polar surface area (TPSA) is 149 Å². The minimum atomic E-state index is -0.414. The predicted octanol–water partition coefficient (Wildman–Crippen LogP) is 5.39. The Morgan fingerprint density at radius 1 is 0.548 bits per heavy atom. The summed E-state index contributed by atoms with van der Waals surface area (Å²) in [7, 11) is 1.30. The first-order valence-electron chi connectivity index (χ1n) is 12.2. The van der Waals surface area contributed by atoms with Gasteiger partial charge in [-0.25, -0.2) is 0 Å². The molecule has 4 aromatic rings. The summed E-state index contributed by atoms with van der Waals surface area (Å²) in [5.74, 6) is -1.69. The van der Waals surface area contributed by atoms with Crippen molar-refractivity contribution in [2.24, 2.45) is 0 Å². The van der Waals surface area contributed by atoms with E-state index in [1.807, 2.05) is 18.2 Å². The van der Waals surface area contributed by atoms with Crippen LogP contribution >= 0.6 is 11.6 Å². The molecule has 4 rings (SSSR count). The Bertz CT molecular complexity index is 1560. The molecule has 4 aromatic carbocycles. The van der Waals surface area contributed by atoms with Gasteiger partial charge in [0.1, 0.15) is 5.88 Å². The number of rotatable bonds is 7. The molecule has 0 aliphatic carbocycles. The first-order valence-corrected chi connectivity index (χ1v) is 12.7. The van der Waals surface area contributed by atoms with Crippen molar-refractivity contribution in [3.8, 4) is 18.2 Å². The van der Waals surface area contributed by atoms with Crippen LogP contribution in [-0.4, -0.2) is 36.3 Å². The van der Waals surface area contributed by atoms with Crippen LogP contribution in [0.15, 0.2) is 91.0 Å². The molecule has 0 aliphatic heterocycles. The van der Waals surface area contributed by atoms with E-state index in [4.69, 9.17) is 27.4 Å². The van der Waals surface area contributed by atoms with Crippen LogP contribution in [0.1, 0.15) is 64.5 Å². The van der Waals surface area contributed by atoms with Gasteiger partial charge in [-0.2, -0.15) is 15.8 Å². The van der Waals surface area contributed by atoms with Crippen molar-refractivity contribution in [3.05, 3.63) is 141 Å². The van der Waals surface area contributed by atoms with Gasteiger partial charge in [0.05, 0.1) is 42.0 Å². The third-order valence-corrected chi connectivity index (χ3v) is 6.10. The van der Waals surface area contributed by atoms with Crippen LogP contribution in [0, 0.1) is 34.0 Å². The molecular formula is C33H20ClN3O5. The molecule has 0 saturated carbocycles. The number of hydrogen-bond donors (Lipinski definition) is 0. The van der Waals surface area contributed by atoms with E-state index < -0.39 is 23.3 Å². The highest BCUT2D eigenvalue weighted by Gasteiger charge is 2.19. The van der Waals surface area contributed by atoms with Crippen molar-refractivity contribution in [2.45, 2.75) is 0 Å². The van der Waals surface area contributed by atoms with Crippen LogP contribution in [0.4, 0.5) is 0 Å². The maximum absolute atomic E-state index is 13.3. The van der Waals surface area contributed by atoms with Gasteiger partial charge in [0, 0.05) is 33.4 Å². The van der Waals surface area contributed by atoms with Crippen molar-refractivity contribution in [2.75, 3.05) is 13.0 Å². The number of esters is 1. The first kappa shape index (κ1) is 30.7. The molecule has 0 fully saturated rings. The predicted molar refractivity (Wildman–Crippen MR) is 153 cm³/mol. The van der Waals surface area contributed by atoms with Crippen molar-refractivity contribution in [1.82, 2.24) is 0 Å². The van der Waals surface area contributed by atoms with E-state index in [0.717, 1.165) is 0 Å². The number of hydrogen-bond acceptors (Lipinski definition) is 8. The van der Waals surface area contributed by atoms with Crippen LogP contribution in [-0.2, 0) is 9.53 Å². The van der Waals surface area contributed by atoms with Crippen molar-refractivity contribution in [1.29, 1.82) is 15.8 Å². The van der Waals surface area contributed by atoms with Gasteiger partial charge in [-0.05, 0) is 91.0 Å². The Morgan fingerprint density at radius 2 is 0.810 bits per heavy atom. The highest BCUT2D eigenvalue weighted by molar-refractivity contribution is 6.26. The number of ether oxygens (including phenoxy) is 1. The molecule has 0 aromatic heterocycles. The van der Waals surface area contributed by atoms with Crippen molar-refractivity contribution < 1.29 is 23.9 Å². The highest BCUT2D eigenvalue weighted by Crippen LogP contribution is 2.21. The summed E-state index contributed by atoms with van der Waals surface area (Å²) < 4.78 is 4.13. The van der Waals surface area contributed by atoms with E-state index in [2.05, 4.69) is 4.74 Å². The lowest BCUT2D eigenvalue weighted by Crippen LogP contribution is -2.10. The van der Waals surface area contributed by atoms with Crippen molar-refractivity contribution >= 4 is 34.9 Å². The van der Waals surface area contributed by atoms with Gasteiger partial charge in [0.2, 0.25) is 0 Å². The largest absolute Gasteiger partial charge is 0.468 e. The monoisotopic (exact) mass is 573 g/mol. The third-order valence-electron chi connectivity index (χ3n) is 5.88. The standard InChI is InChI=1S/C30H15N3O3.C3H5ClO2/c31-16-19-1-7-22(8-2-19)28(34)25-13-26(29(35)23-9-3-20(17-32)4-10-23)15-27(14-25)30(36)24-11-5-21(18-33)6-12-24;1-6-3(5)2-4/h1-15H;2H2,1H3. The normalized spacial score (nSPS) is 9.60. The number of methoxy groups -OCH3 is 1. The third kappa shape index (κ3) is 7.61. The fourth-order valence-electron chi connectivity index (χ4n) is 3.66. The summed E-state index contributed by atoms with van der Waals surface area (Å²) >= 11 is 4.98. The second-order valence-corrected chi connectivity index (χ2v) is 8.83. The van der Waals surface area contributed by atoms with Crippen molar-refractivity contribution in [3.63, 3.8) is 0 Å². The molecule has 0 aliphatic rings. The van der Waals surface area contributed by atoms with Crippen LogP contribution in [0.3, 0.4) is 0 Å². The Kier molecular flexibility index (Phi) is 10.6. The number of nitrogens with zero attached hydrogens (tertiary/aromatic N) is 3. The summed E-state index contributed by atoms with van der Waals surface area (Å²) in [6.07, 6.45) is 0. The molecule has 0 spiro atoms. The number of carbonyl (C=O) groups is 4. The lowest BCUT2D eigenvalue weighted by molar-refractivity contribution is -0.137. The average molecular weight is 574 g/mol. The molecular weight excluding hydrogens is 554 g/mol. The number of ketones is 3. The van der Waals surface area contributed by atoms with Gasteiger partial charge in [-0.3, -0.25) is 19.2 Å². The minimum absolute atomic E-state index is 0.0590. The molecule has 9 heteroatoms. The lowest BCUT2D eigenvalue weighted by Gasteiger charge is -2.10. The Morgan fingerprint density at radius 3 is 0.976 bits per heavy atom. The summed E-state index contributed by atoms with van der Waals surface area (Å²) in [4.78, 5) is 49.6. The fraction of sp³-hybridized carbons (Fsp3) is 0.0606. The summed E-state index contributed by atoms with van der Waals surface area (Å²) in [5, 5.41) is 27.0. The average Bonchev–Trinajstić information content (AvgIpc) is 3.07. The first-order chi connectivity index (χ1) is 20.2. The smallest absolute Gasteiger partial charge is 0.320 e. The van der Waals surface area contributed by atoms with Gasteiger partial charge in [-0.1, -0.05) is 0 Å². The fourth-order valence-corrected chi connectivity index (χ4v) is 3.77. The zero-order valence-electron chi connectivity index (χ0n) is 22.1. The van der Waals surface area contributed by atoms with E-state index in [1.54, 1.807) is 0 Å². The van der Waals surface area contributed by atoms with E-state index in [9.17, 15) is 19.2 Å². The summed E-state index contributed by atoms with van der Waals surface area (Å²) in [5.41, 5.74) is 2.49. The van der Waals surface area contributed by atoms with E-state index in [-0.39, 0.29) is 22.6 Å². The molecule has 0 N–H and O–H groups in total. The molecule has 0 heterocycles. The van der Waals surface area contributed by atoms with Gasteiger partial charge in [0.25, 0.3) is 0 Å². The maximum atomic E-state index is 13.3. The quantitative estimate of drug-likeness (QED) is 0.162. The number of halogens is 1. The zero-order chi connectivity index (χ0) is 30.6. The molecule has 42 heavy (non-hydrogen) atoms. The van der Waals surface area contributed by atoms with Gasteiger partial charge in [0.15, 0.2) is 17.3 Å². The van der Waals surface area contributed by atoms with Crippen LogP contribution in [0.5, 0.6) is 0 Å². The molecule has 0 atom stereocenters. The number of benzene rings is 4. The molecule has 0 radical (unpaired) electrons.